The van der Waals surface area contributed by atoms with Gasteiger partial charge in [0.1, 0.15) is 17.5 Å². The fourth-order valence-electron chi connectivity index (χ4n) is 13.8. The zero-order valence-corrected chi connectivity index (χ0v) is 52.7. The summed E-state index contributed by atoms with van der Waals surface area (Å²) in [5.74, 6) is 2.24. The Hall–Kier alpha value is -13.9. The SMILES string of the molecule is c1ccc(-c2cc(-c3cc(-c4cc(-c5ccccn5)nc(-c5cccc(-n6c7ccccc7c7cnccc76)n5)c4)cc(-c4cc(-c5ccccn5)nc(-c5cccc(-n6c7ccccc7c7cnccc76)n5)c4)c3)cc(-c3cccc(-n4c5ccccc5c5cnccc54)n3)n2)nc1. The van der Waals surface area contributed by atoms with E-state index in [1.54, 1.807) is 18.6 Å². The molecule has 19 rings (SSSR count). The lowest BCUT2D eigenvalue weighted by atomic mass is 9.91. The van der Waals surface area contributed by atoms with E-state index in [0.29, 0.717) is 68.3 Å². The van der Waals surface area contributed by atoms with Gasteiger partial charge in [0.15, 0.2) is 0 Å². The van der Waals surface area contributed by atoms with Crippen LogP contribution in [0.4, 0.5) is 0 Å². The van der Waals surface area contributed by atoms with E-state index >= 15 is 0 Å². The number of hydrogen-bond acceptors (Lipinski definition) is 12. The molecule has 15 nitrogen and oxygen atoms in total. The van der Waals surface area contributed by atoms with E-state index in [-0.39, 0.29) is 0 Å². The molecule has 0 N–H and O–H groups in total. The van der Waals surface area contributed by atoms with Gasteiger partial charge in [-0.15, -0.1) is 0 Å². The summed E-state index contributed by atoms with van der Waals surface area (Å²) < 4.78 is 6.59. The topological polar surface area (TPSA) is 169 Å². The van der Waals surface area contributed by atoms with Gasteiger partial charge in [0, 0.05) is 88.1 Å². The molecule has 15 heteroatoms. The van der Waals surface area contributed by atoms with Gasteiger partial charge in [-0.25, -0.2) is 29.9 Å². The molecule has 0 fully saturated rings. The van der Waals surface area contributed by atoms with E-state index in [0.717, 1.165) is 116 Å². The van der Waals surface area contributed by atoms with E-state index in [4.69, 9.17) is 44.9 Å². The third-order valence-corrected chi connectivity index (χ3v) is 18.3. The van der Waals surface area contributed by atoms with Crippen LogP contribution in [-0.2, 0) is 0 Å². The van der Waals surface area contributed by atoms with Crippen LogP contribution >= 0.6 is 0 Å². The molecule has 4 aromatic carbocycles. The predicted molar refractivity (Wildman–Crippen MR) is 392 cm³/mol. The standard InChI is InChI=1S/C84H51N15/c1-4-25-76-58(16-1)61-49-85-37-31-79(61)97(76)82-28-13-22-67(94-82)73-46-55(43-70(91-73)64-19-7-10-34-88-64)52-40-53(56-44-71(65-20-8-11-35-89-65)92-74(47-56)68-23-14-29-83(95-68)98-77-26-5-2-17-59(77)62-50-86-38-32-80(62)98)42-54(41-52)57-45-72(66-21-9-12-36-90-66)93-75(48-57)69-24-15-30-84(96-69)99-78-27-6-3-18-60(78)63-51-87-39-33-81(63)99/h1-51H. The minimum absolute atomic E-state index is 0.660. The Kier molecular flexibility index (Phi) is 13.4. The minimum atomic E-state index is 0.660. The molecule has 99 heavy (non-hydrogen) atoms. The fraction of sp³-hybridized carbons (Fsp3) is 0. The lowest BCUT2D eigenvalue weighted by Gasteiger charge is -2.16. The van der Waals surface area contributed by atoms with Gasteiger partial charge in [-0.1, -0.05) is 91.0 Å². The zero-order chi connectivity index (χ0) is 65.3. The first kappa shape index (κ1) is 56.6. The summed E-state index contributed by atoms with van der Waals surface area (Å²) >= 11 is 0. The fourth-order valence-corrected chi connectivity index (χ4v) is 13.8. The van der Waals surface area contributed by atoms with Crippen LogP contribution in [0.2, 0.25) is 0 Å². The van der Waals surface area contributed by atoms with Crippen molar-refractivity contribution < 1.29 is 0 Å². The zero-order valence-electron chi connectivity index (χ0n) is 52.7. The second-order valence-electron chi connectivity index (χ2n) is 24.2. The number of para-hydroxylation sites is 3. The average Bonchev–Trinajstić information content (AvgIpc) is 1.68. The summed E-state index contributed by atoms with van der Waals surface area (Å²) in [6.07, 6.45) is 16.6. The van der Waals surface area contributed by atoms with Crippen LogP contribution in [0.1, 0.15) is 0 Å². The van der Waals surface area contributed by atoms with Crippen LogP contribution in [0, 0.1) is 0 Å². The van der Waals surface area contributed by atoms with E-state index in [1.165, 1.54) is 0 Å². The summed E-state index contributed by atoms with van der Waals surface area (Å²) in [6.45, 7) is 0. The van der Waals surface area contributed by atoms with Crippen molar-refractivity contribution in [3.63, 3.8) is 0 Å². The number of rotatable bonds is 12. The van der Waals surface area contributed by atoms with Crippen LogP contribution in [-0.4, -0.2) is 73.5 Å². The van der Waals surface area contributed by atoms with Crippen LogP contribution in [0.15, 0.2) is 311 Å². The van der Waals surface area contributed by atoms with Crippen molar-refractivity contribution in [3.05, 3.63) is 311 Å². The van der Waals surface area contributed by atoms with E-state index < -0.39 is 0 Å². The second kappa shape index (κ2) is 23.5. The number of nitrogens with zero attached hydrogens (tertiary/aromatic N) is 15. The Bertz CT molecular complexity index is 5600. The van der Waals surface area contributed by atoms with Gasteiger partial charge in [-0.3, -0.25) is 43.6 Å². The number of pyridine rings is 12. The number of hydrogen-bond donors (Lipinski definition) is 0. The second-order valence-corrected chi connectivity index (χ2v) is 24.2. The van der Waals surface area contributed by atoms with Crippen molar-refractivity contribution >= 4 is 65.4 Å². The molecule has 19 aromatic rings. The summed E-state index contributed by atoms with van der Waals surface area (Å²) in [6, 6.07) is 86.7. The molecule has 0 spiro atoms. The molecule has 0 aliphatic heterocycles. The highest BCUT2D eigenvalue weighted by atomic mass is 15.1. The molecule has 15 heterocycles. The smallest absolute Gasteiger partial charge is 0.138 e. The Labute approximate surface area is 565 Å². The van der Waals surface area contributed by atoms with Crippen molar-refractivity contribution in [1.82, 2.24) is 73.5 Å². The third kappa shape index (κ3) is 9.99. The molecule has 15 aromatic heterocycles. The molecule has 0 radical (unpaired) electrons. The maximum atomic E-state index is 5.46. The molecule has 0 atom stereocenters. The van der Waals surface area contributed by atoms with Crippen molar-refractivity contribution in [2.45, 2.75) is 0 Å². The van der Waals surface area contributed by atoms with Crippen LogP contribution < -0.4 is 0 Å². The maximum Gasteiger partial charge on any atom is 0.138 e. The molecule has 0 saturated heterocycles. The average molecular weight is 1270 g/mol. The van der Waals surface area contributed by atoms with Gasteiger partial charge in [0.05, 0.1) is 101 Å². The molecule has 0 bridgehead atoms. The molecular formula is C84H51N15. The van der Waals surface area contributed by atoms with Gasteiger partial charge >= 0.3 is 0 Å². The monoisotopic (exact) mass is 1270 g/mol. The summed E-state index contributed by atoms with van der Waals surface area (Å²) in [5, 5.41) is 6.39. The molecule has 0 aliphatic carbocycles. The van der Waals surface area contributed by atoms with Crippen molar-refractivity contribution in [1.29, 1.82) is 0 Å². The lowest BCUT2D eigenvalue weighted by Crippen LogP contribution is -2.01. The molecule has 462 valence electrons. The van der Waals surface area contributed by atoms with Crippen LogP contribution in [0.3, 0.4) is 0 Å². The van der Waals surface area contributed by atoms with Gasteiger partial charge in [0.25, 0.3) is 0 Å². The summed E-state index contributed by atoms with van der Waals surface area (Å²) in [7, 11) is 0. The Balaban J connectivity index is 0.837. The Morgan fingerprint density at radius 1 is 0.182 bits per heavy atom. The first-order chi connectivity index (χ1) is 49.0. The maximum absolute atomic E-state index is 5.46. The Morgan fingerprint density at radius 3 is 0.747 bits per heavy atom. The van der Waals surface area contributed by atoms with Gasteiger partial charge < -0.3 is 0 Å². The van der Waals surface area contributed by atoms with E-state index in [1.807, 2.05) is 165 Å². The van der Waals surface area contributed by atoms with E-state index in [2.05, 4.69) is 156 Å². The molecule has 0 saturated carbocycles. The minimum Gasteiger partial charge on any atom is -0.294 e. The largest absolute Gasteiger partial charge is 0.294 e. The first-order valence-electron chi connectivity index (χ1n) is 32.4. The number of benzene rings is 4. The molecular weight excluding hydrogens is 1220 g/mol. The van der Waals surface area contributed by atoms with Crippen LogP contribution in [0.25, 0.3) is 185 Å². The third-order valence-electron chi connectivity index (χ3n) is 18.3. The highest BCUT2D eigenvalue weighted by molar-refractivity contribution is 6.11. The predicted octanol–water partition coefficient (Wildman–Crippen LogP) is 18.7. The quantitative estimate of drug-likeness (QED) is 0.114. The summed E-state index contributed by atoms with van der Waals surface area (Å²) in [4.78, 5) is 60.8. The molecule has 0 amide bonds. The normalized spacial score (nSPS) is 11.6. The van der Waals surface area contributed by atoms with Crippen LogP contribution in [0.5, 0.6) is 0 Å². The van der Waals surface area contributed by atoms with Crippen molar-refractivity contribution in [3.8, 4) is 119 Å². The Morgan fingerprint density at radius 2 is 0.444 bits per heavy atom. The van der Waals surface area contributed by atoms with E-state index in [9.17, 15) is 0 Å². The van der Waals surface area contributed by atoms with Gasteiger partial charge in [0.2, 0.25) is 0 Å². The van der Waals surface area contributed by atoms with Crippen molar-refractivity contribution in [2.75, 3.05) is 0 Å². The highest BCUT2D eigenvalue weighted by Crippen LogP contribution is 2.41. The summed E-state index contributed by atoms with van der Waals surface area (Å²) in [5.41, 5.74) is 19.6. The molecule has 0 unspecified atom stereocenters. The lowest BCUT2D eigenvalue weighted by molar-refractivity contribution is 1.07. The first-order valence-corrected chi connectivity index (χ1v) is 32.4. The van der Waals surface area contributed by atoms with Crippen molar-refractivity contribution in [2.24, 2.45) is 0 Å². The number of fused-ring (bicyclic) bond motifs is 9. The highest BCUT2D eigenvalue weighted by Gasteiger charge is 2.22. The van der Waals surface area contributed by atoms with Gasteiger partial charge in [-0.2, -0.15) is 0 Å². The molecule has 0 aliphatic rings. The number of aromatic nitrogens is 15. The van der Waals surface area contributed by atoms with Gasteiger partial charge in [-0.05, 0) is 197 Å².